The molecular formula is C38H56N2O10. The third kappa shape index (κ3) is 14.4. The molecule has 0 aromatic carbocycles. The normalized spacial score (nSPS) is 28.3. The fourth-order valence-electron chi connectivity index (χ4n) is 6.68. The highest BCUT2D eigenvalue weighted by Gasteiger charge is 2.36. The lowest BCUT2D eigenvalue weighted by Crippen LogP contribution is -2.41. The second-order valence-electron chi connectivity index (χ2n) is 13.9. The summed E-state index contributed by atoms with van der Waals surface area (Å²) in [4.78, 5) is 41.4. The summed E-state index contributed by atoms with van der Waals surface area (Å²) in [5.74, 6) is 0.298. The number of aryl methyl sites for hydroxylation is 1. The summed E-state index contributed by atoms with van der Waals surface area (Å²) in [6, 6.07) is 0. The molecular weight excluding hydrogens is 644 g/mol. The van der Waals surface area contributed by atoms with Crippen molar-refractivity contribution in [3.05, 3.63) is 48.2 Å². The monoisotopic (exact) mass is 700 g/mol. The number of allylic oxidation sites excluding steroid dienone is 2. The van der Waals surface area contributed by atoms with E-state index in [0.29, 0.717) is 50.5 Å². The summed E-state index contributed by atoms with van der Waals surface area (Å²) in [5, 5.41) is 2.54. The second-order valence-corrected chi connectivity index (χ2v) is 13.9. The fraction of sp³-hybridized carbons (Fsp3) is 0.684. The van der Waals surface area contributed by atoms with Gasteiger partial charge >= 0.3 is 18.0 Å². The molecule has 0 aliphatic carbocycles. The Balaban J connectivity index is 1.32. The van der Waals surface area contributed by atoms with E-state index in [0.717, 1.165) is 44.2 Å². The SMILES string of the molecule is COC(=O)NCC=Cc1nc(CCC=CC(=O)OC2CC3CC(=O)OCC(C=CCC(C)C)CC4CCCC(CC(OC)CC(C2)O3)O4)co1. The Morgan fingerprint density at radius 3 is 2.50 bits per heavy atom. The number of amides is 1. The topological polar surface area (TPSA) is 145 Å². The van der Waals surface area contributed by atoms with Crippen LogP contribution < -0.4 is 5.32 Å². The number of aromatic nitrogens is 1. The van der Waals surface area contributed by atoms with Crippen LogP contribution in [0.25, 0.3) is 6.08 Å². The van der Waals surface area contributed by atoms with Gasteiger partial charge in [-0.05, 0) is 69.8 Å². The highest BCUT2D eigenvalue weighted by molar-refractivity contribution is 5.82. The van der Waals surface area contributed by atoms with Gasteiger partial charge in [-0.3, -0.25) is 4.79 Å². The van der Waals surface area contributed by atoms with E-state index in [1.807, 2.05) is 0 Å². The van der Waals surface area contributed by atoms with Gasteiger partial charge in [-0.15, -0.1) is 0 Å². The number of cyclic esters (lactones) is 1. The molecule has 278 valence electrons. The van der Waals surface area contributed by atoms with Crippen LogP contribution in [0.15, 0.2) is 41.1 Å². The fourth-order valence-corrected chi connectivity index (χ4v) is 6.68. The van der Waals surface area contributed by atoms with E-state index in [4.69, 9.17) is 28.1 Å². The number of hydrogen-bond acceptors (Lipinski definition) is 11. The van der Waals surface area contributed by atoms with Crippen LogP contribution in [0.4, 0.5) is 4.79 Å². The molecule has 0 spiro atoms. The van der Waals surface area contributed by atoms with Crippen molar-refractivity contribution in [3.63, 3.8) is 0 Å². The Kier molecular flexibility index (Phi) is 16.5. The van der Waals surface area contributed by atoms with E-state index in [2.05, 4.69) is 41.0 Å². The highest BCUT2D eigenvalue weighted by Crippen LogP contribution is 2.32. The van der Waals surface area contributed by atoms with Gasteiger partial charge in [0.25, 0.3) is 0 Å². The first-order chi connectivity index (χ1) is 24.2. The molecule has 12 heteroatoms. The second kappa shape index (κ2) is 21.0. The first-order valence-corrected chi connectivity index (χ1v) is 18.1. The number of hydrogen-bond donors (Lipinski definition) is 1. The molecule has 7 atom stereocenters. The number of nitrogens with one attached hydrogen (secondary N) is 1. The number of carbonyl (C=O) groups excluding carboxylic acids is 3. The van der Waals surface area contributed by atoms with E-state index < -0.39 is 24.3 Å². The molecule has 3 saturated heterocycles. The van der Waals surface area contributed by atoms with Crippen LogP contribution in [0.1, 0.15) is 96.1 Å². The Labute approximate surface area is 296 Å². The lowest BCUT2D eigenvalue weighted by molar-refractivity contribution is -0.165. The predicted molar refractivity (Wildman–Crippen MR) is 186 cm³/mol. The molecule has 7 unspecified atom stereocenters. The first kappa shape index (κ1) is 39.3. The number of nitrogens with zero attached hydrogens (tertiary/aromatic N) is 1. The molecule has 3 aliphatic heterocycles. The number of oxazole rings is 1. The number of fused-ring (bicyclic) bond motifs is 4. The maximum atomic E-state index is 13.1. The Morgan fingerprint density at radius 2 is 1.72 bits per heavy atom. The highest BCUT2D eigenvalue weighted by atomic mass is 16.6. The van der Waals surface area contributed by atoms with Crippen LogP contribution in [0.2, 0.25) is 0 Å². The van der Waals surface area contributed by atoms with Crippen LogP contribution in [0, 0.1) is 11.8 Å². The molecule has 1 N–H and O–H groups in total. The number of esters is 2. The van der Waals surface area contributed by atoms with Gasteiger partial charge in [-0.1, -0.05) is 38.2 Å². The zero-order valence-electron chi connectivity index (χ0n) is 30.1. The number of methoxy groups -OCH3 is 2. The van der Waals surface area contributed by atoms with Gasteiger partial charge in [-0.2, -0.15) is 0 Å². The van der Waals surface area contributed by atoms with Crippen LogP contribution in [0.5, 0.6) is 0 Å². The van der Waals surface area contributed by atoms with E-state index in [-0.39, 0.29) is 49.3 Å². The Hall–Kier alpha value is -3.48. The quantitative estimate of drug-likeness (QED) is 0.114. The zero-order chi connectivity index (χ0) is 35.7. The van der Waals surface area contributed by atoms with Crippen molar-refractivity contribution in [2.24, 2.45) is 11.8 Å². The van der Waals surface area contributed by atoms with Gasteiger partial charge in [0.2, 0.25) is 5.89 Å². The van der Waals surface area contributed by atoms with Gasteiger partial charge in [0, 0.05) is 38.5 Å². The van der Waals surface area contributed by atoms with Crippen LogP contribution >= 0.6 is 0 Å². The lowest BCUT2D eigenvalue weighted by Gasteiger charge is -2.37. The summed E-state index contributed by atoms with van der Waals surface area (Å²) in [6.45, 7) is 4.97. The number of alkyl carbamates (subject to hydrolysis) is 1. The van der Waals surface area contributed by atoms with Crippen molar-refractivity contribution in [2.75, 3.05) is 27.4 Å². The van der Waals surface area contributed by atoms with E-state index in [9.17, 15) is 14.4 Å². The van der Waals surface area contributed by atoms with Crippen molar-refractivity contribution < 1.29 is 47.2 Å². The van der Waals surface area contributed by atoms with Crippen molar-refractivity contribution in [2.45, 2.75) is 128 Å². The number of carbonyl (C=O) groups is 3. The van der Waals surface area contributed by atoms with Gasteiger partial charge in [0.05, 0.1) is 56.4 Å². The van der Waals surface area contributed by atoms with Crippen molar-refractivity contribution >= 4 is 24.1 Å². The molecule has 1 aromatic rings. The zero-order valence-corrected chi connectivity index (χ0v) is 30.1. The summed E-state index contributed by atoms with van der Waals surface area (Å²) in [6.07, 6.45) is 19.5. The largest absolute Gasteiger partial charge is 0.465 e. The summed E-state index contributed by atoms with van der Waals surface area (Å²) in [5.41, 5.74) is 0.737. The third-order valence-electron chi connectivity index (χ3n) is 9.18. The molecule has 0 radical (unpaired) electrons. The minimum atomic E-state index is -0.517. The summed E-state index contributed by atoms with van der Waals surface area (Å²) in [7, 11) is 3.02. The van der Waals surface area contributed by atoms with E-state index in [1.54, 1.807) is 31.6 Å². The number of ether oxygens (including phenoxy) is 6. The Bertz CT molecular complexity index is 1290. The average molecular weight is 701 g/mol. The van der Waals surface area contributed by atoms with E-state index >= 15 is 0 Å². The molecule has 3 fully saturated rings. The minimum absolute atomic E-state index is 0.0790. The average Bonchev–Trinajstić information content (AvgIpc) is 3.54. The molecule has 1 amide bonds. The maximum absolute atomic E-state index is 13.1. The van der Waals surface area contributed by atoms with Gasteiger partial charge < -0.3 is 38.2 Å². The van der Waals surface area contributed by atoms with Crippen LogP contribution in [0.3, 0.4) is 0 Å². The van der Waals surface area contributed by atoms with Gasteiger partial charge in [0.1, 0.15) is 12.4 Å². The molecule has 50 heavy (non-hydrogen) atoms. The molecule has 12 nitrogen and oxygen atoms in total. The maximum Gasteiger partial charge on any atom is 0.407 e. The summed E-state index contributed by atoms with van der Waals surface area (Å²) < 4.78 is 40.5. The predicted octanol–water partition coefficient (Wildman–Crippen LogP) is 6.28. The Morgan fingerprint density at radius 1 is 0.980 bits per heavy atom. The first-order valence-electron chi connectivity index (χ1n) is 18.1. The molecule has 0 saturated carbocycles. The van der Waals surface area contributed by atoms with Crippen LogP contribution in [-0.2, 0) is 44.4 Å². The molecule has 4 bridgehead atoms. The van der Waals surface area contributed by atoms with Crippen LogP contribution in [-0.4, -0.2) is 87.0 Å². The minimum Gasteiger partial charge on any atom is -0.465 e. The third-order valence-corrected chi connectivity index (χ3v) is 9.18. The smallest absolute Gasteiger partial charge is 0.407 e. The number of rotatable bonds is 12. The van der Waals surface area contributed by atoms with Crippen molar-refractivity contribution in [1.29, 1.82) is 0 Å². The standard InChI is InChI=1S/C38H56N2O10/c1-26(2)10-7-11-27-18-29-13-8-14-30(48-29)19-31(44-3)20-32-21-33(22-34(49-32)23-37(42)47-24-27)50-36(41)16-6-5-12-28-25-46-35(40-28)15-9-17-39-38(43)45-4/h6-7,9,11,15-16,25-27,29-34H,5,8,10,12-14,17-24H2,1-4H3,(H,39,43). The summed E-state index contributed by atoms with van der Waals surface area (Å²) >= 11 is 0. The van der Waals surface area contributed by atoms with Crippen molar-refractivity contribution in [3.8, 4) is 0 Å². The van der Waals surface area contributed by atoms with Gasteiger partial charge in [0.15, 0.2) is 0 Å². The molecule has 4 heterocycles. The van der Waals surface area contributed by atoms with Crippen molar-refractivity contribution in [1.82, 2.24) is 10.3 Å². The van der Waals surface area contributed by atoms with E-state index in [1.165, 1.54) is 13.2 Å². The molecule has 4 rings (SSSR count). The lowest BCUT2D eigenvalue weighted by atomic mass is 9.91. The van der Waals surface area contributed by atoms with Gasteiger partial charge in [-0.25, -0.2) is 14.6 Å². The molecule has 3 aliphatic rings. The molecule has 1 aromatic heterocycles.